The fourth-order valence-electron chi connectivity index (χ4n) is 8.02. The van der Waals surface area contributed by atoms with E-state index in [2.05, 4.69) is 172 Å². The number of rotatable bonds is 5. The Morgan fingerprint density at radius 3 is 2.37 bits per heavy atom. The molecule has 2 aromatic heterocycles. The summed E-state index contributed by atoms with van der Waals surface area (Å²) in [6, 6.07) is 47.7. The van der Waals surface area contributed by atoms with Crippen molar-refractivity contribution in [1.82, 2.24) is 14.5 Å². The minimum Gasteiger partial charge on any atom is -0.383 e. The summed E-state index contributed by atoms with van der Waals surface area (Å²) in [4.78, 5) is 12.9. The van der Waals surface area contributed by atoms with Crippen molar-refractivity contribution in [2.75, 3.05) is 0 Å². The third-order valence-corrected chi connectivity index (χ3v) is 10.8. The minimum absolute atomic E-state index is 0. The molecule has 0 fully saturated rings. The molecule has 0 N–H and O–H groups in total. The number of hydrogen-bond acceptors (Lipinski definition) is 3. The number of benzene rings is 5. The number of pyridine rings is 1. The molecule has 0 spiro atoms. The van der Waals surface area contributed by atoms with Gasteiger partial charge in [-0.25, -0.2) is 0 Å². The van der Waals surface area contributed by atoms with Crippen LogP contribution in [0.3, 0.4) is 0 Å². The van der Waals surface area contributed by atoms with Crippen LogP contribution in [0.1, 0.15) is 91.6 Å². The maximum absolute atomic E-state index is 5.54. The van der Waals surface area contributed by atoms with Gasteiger partial charge in [0.15, 0.2) is 0 Å². The van der Waals surface area contributed by atoms with E-state index in [0.29, 0.717) is 5.92 Å². The maximum Gasteiger partial charge on any atom is 2.00 e. The second-order valence-corrected chi connectivity index (χ2v) is 15.6. The van der Waals surface area contributed by atoms with Crippen molar-refractivity contribution in [1.29, 1.82) is 0 Å². The van der Waals surface area contributed by atoms with Crippen LogP contribution in [0.4, 0.5) is 0 Å². The van der Waals surface area contributed by atoms with Gasteiger partial charge in [-0.05, 0) is 74.9 Å². The summed E-state index contributed by atoms with van der Waals surface area (Å²) in [6.45, 7) is 14.3. The molecule has 7 aromatic rings. The van der Waals surface area contributed by atoms with Crippen molar-refractivity contribution < 1.29 is 21.1 Å². The van der Waals surface area contributed by atoms with Crippen LogP contribution in [0.15, 0.2) is 120 Å². The van der Waals surface area contributed by atoms with Crippen LogP contribution < -0.4 is 0 Å². The Hall–Kier alpha value is -4.79. The number of hydrogen-bond donors (Lipinski definition) is 0. The Morgan fingerprint density at radius 2 is 1.58 bits per heavy atom. The Balaban J connectivity index is 0.00000387. The van der Waals surface area contributed by atoms with E-state index in [9.17, 15) is 0 Å². The molecule has 2 aliphatic heterocycles. The van der Waals surface area contributed by atoms with Crippen LogP contribution >= 0.6 is 0 Å². The average Bonchev–Trinajstić information content (AvgIpc) is 3.80. The van der Waals surface area contributed by atoms with Gasteiger partial charge in [0.2, 0.25) is 0 Å². The summed E-state index contributed by atoms with van der Waals surface area (Å²) in [5.74, 6) is 1.33. The van der Waals surface area contributed by atoms with Gasteiger partial charge in [-0.3, -0.25) is 0 Å². The number of aliphatic imine (C=N–C) groups is 1. The molecular weight excluding hydrogens is 816 g/mol. The molecule has 260 valence electrons. The van der Waals surface area contributed by atoms with Gasteiger partial charge in [0.05, 0.1) is 12.1 Å². The maximum atomic E-state index is 5.54. The SMILES string of the molecule is Cc1ccc2c(c1)c1ccc(-c3cc(C(C)(C)C)ccn3)[c-]c1n2-c1[c-]c(C2=N[C@H](c3ccccc3)[C@@H]3c4ccccc4CN23)cc(C(C)C)c1.[Pt+2]. The molecule has 9 rings (SSSR count). The van der Waals surface area contributed by atoms with Gasteiger partial charge in [0.25, 0.3) is 0 Å². The summed E-state index contributed by atoms with van der Waals surface area (Å²) >= 11 is 0. The van der Waals surface area contributed by atoms with Crippen molar-refractivity contribution in [2.24, 2.45) is 4.99 Å². The van der Waals surface area contributed by atoms with Crippen LogP contribution in [0, 0.1) is 19.1 Å². The van der Waals surface area contributed by atoms with Crippen molar-refractivity contribution in [3.8, 4) is 16.9 Å². The summed E-state index contributed by atoms with van der Waals surface area (Å²) in [5.41, 5.74) is 13.9. The smallest absolute Gasteiger partial charge is 0.383 e. The molecule has 5 heteroatoms. The topological polar surface area (TPSA) is 33.4 Å². The summed E-state index contributed by atoms with van der Waals surface area (Å²) < 4.78 is 2.36. The summed E-state index contributed by atoms with van der Waals surface area (Å²) in [5, 5.41) is 2.39. The molecule has 4 nitrogen and oxygen atoms in total. The van der Waals surface area contributed by atoms with Gasteiger partial charge in [0, 0.05) is 24.1 Å². The average molecular weight is 858 g/mol. The summed E-state index contributed by atoms with van der Waals surface area (Å²) in [6.07, 6.45) is 1.92. The predicted molar refractivity (Wildman–Crippen MR) is 210 cm³/mol. The van der Waals surface area contributed by atoms with E-state index in [1.54, 1.807) is 0 Å². The van der Waals surface area contributed by atoms with E-state index in [-0.39, 0.29) is 38.6 Å². The molecular formula is C47H42N4Pt. The number of fused-ring (bicyclic) bond motifs is 6. The van der Waals surface area contributed by atoms with Crippen LogP contribution in [0.25, 0.3) is 38.8 Å². The zero-order chi connectivity index (χ0) is 35.0. The normalized spacial score (nSPS) is 16.7. The fraction of sp³-hybridized carbons (Fsp3) is 0.234. The van der Waals surface area contributed by atoms with E-state index in [4.69, 9.17) is 9.98 Å². The fourth-order valence-corrected chi connectivity index (χ4v) is 8.02. The first-order valence-corrected chi connectivity index (χ1v) is 18.1. The molecule has 2 atom stereocenters. The van der Waals surface area contributed by atoms with Crippen molar-refractivity contribution in [3.05, 3.63) is 166 Å². The van der Waals surface area contributed by atoms with Gasteiger partial charge >= 0.3 is 21.1 Å². The second-order valence-electron chi connectivity index (χ2n) is 15.6. The molecule has 0 aliphatic carbocycles. The third-order valence-electron chi connectivity index (χ3n) is 10.8. The molecule has 0 bridgehead atoms. The standard InChI is InChI=1S/C47H42N4.Pt/c1-29(2)34-23-35(46-49-44(31-12-8-7-9-13-31)45-38-15-11-10-14-33(38)28-50(45)46)25-37(24-34)51-42-19-16-30(3)22-40(42)39-18-17-32(26-43(39)51)41-27-36(20-21-48-41)47(4,5)6;/h7-24,27,29,44-45H,28H2,1-6H3;/q-2;+2/t44-,45+;/m1./s1. The first kappa shape index (κ1) is 34.3. The molecule has 0 saturated heterocycles. The largest absolute Gasteiger partial charge is 2.00 e. The Kier molecular flexibility index (Phi) is 8.58. The van der Waals surface area contributed by atoms with E-state index < -0.39 is 0 Å². The molecule has 52 heavy (non-hydrogen) atoms. The number of aromatic nitrogens is 2. The monoisotopic (exact) mass is 857 g/mol. The number of nitrogens with zero attached hydrogens (tertiary/aromatic N) is 4. The van der Waals surface area contributed by atoms with Gasteiger partial charge < -0.3 is 19.4 Å². The van der Waals surface area contributed by atoms with E-state index in [0.717, 1.165) is 45.9 Å². The van der Waals surface area contributed by atoms with E-state index in [1.165, 1.54) is 44.2 Å². The Bertz CT molecular complexity index is 2500. The van der Waals surface area contributed by atoms with E-state index in [1.807, 2.05) is 6.20 Å². The predicted octanol–water partition coefficient (Wildman–Crippen LogP) is 11.2. The Labute approximate surface area is 321 Å². The number of aryl methyl sites for hydroxylation is 1. The molecule has 5 aromatic carbocycles. The Morgan fingerprint density at radius 1 is 0.788 bits per heavy atom. The first-order valence-electron chi connectivity index (χ1n) is 18.1. The summed E-state index contributed by atoms with van der Waals surface area (Å²) in [7, 11) is 0. The number of amidine groups is 1. The minimum atomic E-state index is 0. The second kappa shape index (κ2) is 13.0. The van der Waals surface area contributed by atoms with E-state index >= 15 is 0 Å². The quantitative estimate of drug-likeness (QED) is 0.162. The molecule has 2 aliphatic rings. The van der Waals surface area contributed by atoms with Crippen LogP contribution in [-0.4, -0.2) is 20.3 Å². The van der Waals surface area contributed by atoms with Gasteiger partial charge in [-0.1, -0.05) is 118 Å². The van der Waals surface area contributed by atoms with Gasteiger partial charge in [0.1, 0.15) is 0 Å². The van der Waals surface area contributed by atoms with Gasteiger partial charge in [-0.15, -0.1) is 53.1 Å². The van der Waals surface area contributed by atoms with Crippen molar-refractivity contribution in [2.45, 2.75) is 71.5 Å². The van der Waals surface area contributed by atoms with Crippen LogP contribution in [0.5, 0.6) is 0 Å². The molecule has 0 unspecified atom stereocenters. The molecule has 0 saturated carbocycles. The third kappa shape index (κ3) is 5.73. The van der Waals surface area contributed by atoms with Crippen molar-refractivity contribution in [3.63, 3.8) is 0 Å². The van der Waals surface area contributed by atoms with Crippen molar-refractivity contribution >= 4 is 27.6 Å². The van der Waals surface area contributed by atoms with Crippen LogP contribution in [0.2, 0.25) is 0 Å². The molecule has 0 amide bonds. The first-order chi connectivity index (χ1) is 24.6. The molecule has 0 radical (unpaired) electrons. The zero-order valence-corrected chi connectivity index (χ0v) is 32.8. The van der Waals surface area contributed by atoms with Gasteiger partial charge in [-0.2, -0.15) is 0 Å². The molecule has 4 heterocycles. The zero-order valence-electron chi connectivity index (χ0n) is 30.5. The van der Waals surface area contributed by atoms with Crippen LogP contribution in [-0.2, 0) is 33.0 Å².